The summed E-state index contributed by atoms with van der Waals surface area (Å²) >= 11 is 0. The lowest BCUT2D eigenvalue weighted by Gasteiger charge is -2.32. The number of nitrogens with zero attached hydrogens (tertiary/aromatic N) is 1. The van der Waals surface area contributed by atoms with E-state index in [2.05, 4.69) is 25.7 Å². The second-order valence-electron chi connectivity index (χ2n) is 4.35. The van der Waals surface area contributed by atoms with Crippen LogP contribution in [0.25, 0.3) is 0 Å². The van der Waals surface area contributed by atoms with E-state index >= 15 is 0 Å². The van der Waals surface area contributed by atoms with Crippen molar-refractivity contribution in [2.75, 3.05) is 26.3 Å². The number of ether oxygens (including phenoxy) is 1. The summed E-state index contributed by atoms with van der Waals surface area (Å²) in [6.45, 7) is 9.66. The smallest absolute Gasteiger partial charge is 0.0900 e. The van der Waals surface area contributed by atoms with Crippen LogP contribution < -0.4 is 0 Å². The Morgan fingerprint density at radius 1 is 1.50 bits per heavy atom. The van der Waals surface area contributed by atoms with Crippen LogP contribution in [-0.2, 0) is 4.74 Å². The molecular formula is C11H23NO2. The highest BCUT2D eigenvalue weighted by atomic mass is 16.5. The summed E-state index contributed by atoms with van der Waals surface area (Å²) in [6, 6.07) is 0.538. The van der Waals surface area contributed by atoms with Crippen molar-refractivity contribution in [3.8, 4) is 0 Å². The van der Waals surface area contributed by atoms with E-state index in [0.717, 1.165) is 19.7 Å². The molecule has 0 saturated carbocycles. The summed E-state index contributed by atoms with van der Waals surface area (Å²) in [5, 5.41) is 9.60. The lowest BCUT2D eigenvalue weighted by Crippen LogP contribution is -2.42. The van der Waals surface area contributed by atoms with Gasteiger partial charge in [-0.1, -0.05) is 20.3 Å². The maximum atomic E-state index is 9.60. The molecule has 1 aliphatic heterocycles. The third-order valence-corrected chi connectivity index (χ3v) is 3.32. The molecule has 1 saturated heterocycles. The van der Waals surface area contributed by atoms with E-state index < -0.39 is 0 Å². The van der Waals surface area contributed by atoms with Gasteiger partial charge in [-0.15, -0.1) is 0 Å². The number of hydrogen-bond acceptors (Lipinski definition) is 3. The van der Waals surface area contributed by atoms with Gasteiger partial charge in [0.05, 0.1) is 19.3 Å². The molecule has 0 aliphatic carbocycles. The van der Waals surface area contributed by atoms with Gasteiger partial charge in [0, 0.05) is 19.1 Å². The molecule has 1 rings (SSSR count). The highest BCUT2D eigenvalue weighted by Crippen LogP contribution is 2.15. The van der Waals surface area contributed by atoms with Gasteiger partial charge in [-0.2, -0.15) is 0 Å². The summed E-state index contributed by atoms with van der Waals surface area (Å²) < 4.78 is 5.31. The van der Waals surface area contributed by atoms with E-state index in [1.807, 2.05) is 0 Å². The molecule has 0 spiro atoms. The topological polar surface area (TPSA) is 32.7 Å². The van der Waals surface area contributed by atoms with E-state index in [1.54, 1.807) is 0 Å². The molecule has 3 unspecified atom stereocenters. The minimum atomic E-state index is -0.316. The zero-order chi connectivity index (χ0) is 10.6. The van der Waals surface area contributed by atoms with Crippen LogP contribution in [0.1, 0.15) is 27.2 Å². The van der Waals surface area contributed by atoms with Crippen LogP contribution in [-0.4, -0.2) is 48.5 Å². The van der Waals surface area contributed by atoms with Crippen LogP contribution in [0.5, 0.6) is 0 Å². The summed E-state index contributed by atoms with van der Waals surface area (Å²) in [6.07, 6.45) is 0.873. The predicted molar refractivity (Wildman–Crippen MR) is 57.3 cm³/mol. The van der Waals surface area contributed by atoms with Crippen molar-refractivity contribution >= 4 is 0 Å². The first-order valence-corrected chi connectivity index (χ1v) is 5.65. The molecule has 3 nitrogen and oxygen atoms in total. The van der Waals surface area contributed by atoms with Crippen molar-refractivity contribution in [3.05, 3.63) is 0 Å². The third-order valence-electron chi connectivity index (χ3n) is 3.32. The molecule has 0 radical (unpaired) electrons. The highest BCUT2D eigenvalue weighted by Gasteiger charge is 2.23. The number of aliphatic hydroxyl groups is 1. The summed E-state index contributed by atoms with van der Waals surface area (Å²) in [5.41, 5.74) is 0. The van der Waals surface area contributed by atoms with Crippen molar-refractivity contribution < 1.29 is 9.84 Å². The Bertz CT molecular complexity index is 163. The van der Waals surface area contributed by atoms with Crippen molar-refractivity contribution in [2.24, 2.45) is 5.92 Å². The van der Waals surface area contributed by atoms with Gasteiger partial charge < -0.3 is 9.84 Å². The average molecular weight is 201 g/mol. The molecule has 1 aliphatic rings. The number of rotatable bonds is 3. The molecule has 14 heavy (non-hydrogen) atoms. The molecule has 1 N–H and O–H groups in total. The van der Waals surface area contributed by atoms with Crippen LogP contribution in [0.4, 0.5) is 0 Å². The van der Waals surface area contributed by atoms with Gasteiger partial charge in [-0.05, 0) is 12.8 Å². The molecule has 3 heteroatoms. The number of aliphatic hydroxyl groups excluding tert-OH is 1. The maximum absolute atomic E-state index is 9.60. The van der Waals surface area contributed by atoms with Crippen molar-refractivity contribution in [2.45, 2.75) is 39.3 Å². The Labute approximate surface area is 87.1 Å². The first-order valence-electron chi connectivity index (χ1n) is 5.65. The fourth-order valence-corrected chi connectivity index (χ4v) is 1.89. The minimum Gasteiger partial charge on any atom is -0.389 e. The molecule has 0 amide bonds. The number of β-amino-alcohol motifs (C(OH)–C–C–N with tert-alkyl or cyclic N) is 1. The average Bonchev–Trinajstić information content (AvgIpc) is 2.40. The Morgan fingerprint density at radius 2 is 2.21 bits per heavy atom. The summed E-state index contributed by atoms with van der Waals surface area (Å²) in [5.74, 6) is 0.681. The van der Waals surface area contributed by atoms with Gasteiger partial charge in [0.1, 0.15) is 0 Å². The lowest BCUT2D eigenvalue weighted by atomic mass is 9.99. The van der Waals surface area contributed by atoms with E-state index in [4.69, 9.17) is 4.74 Å². The fourth-order valence-electron chi connectivity index (χ4n) is 1.89. The molecule has 84 valence electrons. The van der Waals surface area contributed by atoms with Gasteiger partial charge in [-0.3, -0.25) is 4.90 Å². The highest BCUT2D eigenvalue weighted by molar-refractivity contribution is 4.76. The van der Waals surface area contributed by atoms with Crippen LogP contribution in [0.3, 0.4) is 0 Å². The first kappa shape index (κ1) is 12.0. The van der Waals surface area contributed by atoms with Crippen LogP contribution in [0.15, 0.2) is 0 Å². The number of hydrogen-bond donors (Lipinski definition) is 1. The van der Waals surface area contributed by atoms with Gasteiger partial charge in [0.15, 0.2) is 0 Å². The lowest BCUT2D eigenvalue weighted by molar-refractivity contribution is 0.0529. The van der Waals surface area contributed by atoms with E-state index in [-0.39, 0.29) is 6.10 Å². The second-order valence-corrected chi connectivity index (χ2v) is 4.35. The van der Waals surface area contributed by atoms with Gasteiger partial charge in [0.2, 0.25) is 0 Å². The standard InChI is InChI=1S/C11H23NO2/c1-4-9(2)10(3)12-5-6-14-8-11(13)7-12/h9-11,13H,4-8H2,1-3H3. The maximum Gasteiger partial charge on any atom is 0.0900 e. The molecule has 1 fully saturated rings. The monoisotopic (exact) mass is 201 g/mol. The summed E-state index contributed by atoms with van der Waals surface area (Å²) in [7, 11) is 0. The van der Waals surface area contributed by atoms with Gasteiger partial charge in [-0.25, -0.2) is 0 Å². The fraction of sp³-hybridized carbons (Fsp3) is 1.00. The third kappa shape index (κ3) is 3.23. The largest absolute Gasteiger partial charge is 0.389 e. The Hall–Kier alpha value is -0.120. The molecule has 0 aromatic heterocycles. The van der Waals surface area contributed by atoms with E-state index in [0.29, 0.717) is 18.6 Å². The zero-order valence-electron chi connectivity index (χ0n) is 9.57. The Balaban J connectivity index is 2.47. The Morgan fingerprint density at radius 3 is 2.86 bits per heavy atom. The molecule has 3 atom stereocenters. The normalized spacial score (nSPS) is 29.6. The minimum absolute atomic E-state index is 0.316. The van der Waals surface area contributed by atoms with Crippen LogP contribution in [0, 0.1) is 5.92 Å². The quantitative estimate of drug-likeness (QED) is 0.742. The Kier molecular flexibility index (Phi) is 4.85. The second kappa shape index (κ2) is 5.69. The van der Waals surface area contributed by atoms with Gasteiger partial charge >= 0.3 is 0 Å². The van der Waals surface area contributed by atoms with Gasteiger partial charge in [0.25, 0.3) is 0 Å². The van der Waals surface area contributed by atoms with E-state index in [1.165, 1.54) is 6.42 Å². The van der Waals surface area contributed by atoms with E-state index in [9.17, 15) is 5.11 Å². The van der Waals surface area contributed by atoms with Crippen molar-refractivity contribution in [1.29, 1.82) is 0 Å². The molecule has 1 heterocycles. The SMILES string of the molecule is CCC(C)C(C)N1CCOCC(O)C1. The van der Waals surface area contributed by atoms with Crippen LogP contribution in [0.2, 0.25) is 0 Å². The molecule has 0 aromatic carbocycles. The summed E-state index contributed by atoms with van der Waals surface area (Å²) in [4.78, 5) is 2.34. The molecule has 0 aromatic rings. The first-order chi connectivity index (χ1) is 6.65. The molecule has 0 bridgehead atoms. The molecular weight excluding hydrogens is 178 g/mol. The zero-order valence-corrected chi connectivity index (χ0v) is 9.57. The van der Waals surface area contributed by atoms with Crippen molar-refractivity contribution in [3.63, 3.8) is 0 Å². The van der Waals surface area contributed by atoms with Crippen molar-refractivity contribution in [1.82, 2.24) is 4.90 Å². The van der Waals surface area contributed by atoms with Crippen LogP contribution >= 0.6 is 0 Å². The predicted octanol–water partition coefficient (Wildman–Crippen LogP) is 1.11.